The van der Waals surface area contributed by atoms with Crippen molar-refractivity contribution in [3.63, 3.8) is 0 Å². The average Bonchev–Trinajstić information content (AvgIpc) is 2.92. The Morgan fingerprint density at radius 1 is 1.00 bits per heavy atom. The Kier molecular flexibility index (Phi) is 6.55. The van der Waals surface area contributed by atoms with E-state index in [1.807, 2.05) is 72.5 Å². The van der Waals surface area contributed by atoms with Gasteiger partial charge in [0.1, 0.15) is 5.75 Å². The van der Waals surface area contributed by atoms with Gasteiger partial charge < -0.3 is 24.4 Å². The fourth-order valence-electron chi connectivity index (χ4n) is 5.31. The molecule has 0 radical (unpaired) electrons. The third-order valence-electron chi connectivity index (χ3n) is 7.01. The molecule has 0 spiro atoms. The lowest BCUT2D eigenvalue weighted by molar-refractivity contribution is -0.124. The molecule has 0 saturated heterocycles. The molecular weight excluding hydrogens is 456 g/mol. The number of nitrogens with one attached hydrogen (secondary N) is 1. The summed E-state index contributed by atoms with van der Waals surface area (Å²) >= 11 is 0. The summed E-state index contributed by atoms with van der Waals surface area (Å²) in [5.74, 6) is 1.29. The average molecular weight is 487 g/mol. The van der Waals surface area contributed by atoms with Gasteiger partial charge in [0, 0.05) is 18.7 Å². The molecule has 7 nitrogen and oxygen atoms in total. The molecule has 2 aliphatic rings. The molecule has 0 unspecified atom stereocenters. The predicted octanol–water partition coefficient (Wildman–Crippen LogP) is 4.26. The Bertz CT molecular complexity index is 1290. The van der Waals surface area contributed by atoms with Gasteiger partial charge in [-0.3, -0.25) is 9.59 Å². The number of carbonyl (C=O) groups excluding carboxylic acids is 2. The summed E-state index contributed by atoms with van der Waals surface area (Å²) < 4.78 is 16.6. The first-order chi connectivity index (χ1) is 17.5. The molecule has 0 bridgehead atoms. The van der Waals surface area contributed by atoms with Crippen LogP contribution in [0.15, 0.2) is 60.7 Å². The molecule has 7 heteroatoms. The monoisotopic (exact) mass is 486 g/mol. The van der Waals surface area contributed by atoms with Gasteiger partial charge in [0.05, 0.1) is 32.8 Å². The van der Waals surface area contributed by atoms with Gasteiger partial charge in [0.25, 0.3) is 5.91 Å². The van der Waals surface area contributed by atoms with Crippen molar-refractivity contribution in [1.82, 2.24) is 10.2 Å². The van der Waals surface area contributed by atoms with E-state index in [9.17, 15) is 9.59 Å². The van der Waals surface area contributed by atoms with E-state index >= 15 is 0 Å². The van der Waals surface area contributed by atoms with E-state index in [-0.39, 0.29) is 11.8 Å². The van der Waals surface area contributed by atoms with Crippen LogP contribution in [-0.4, -0.2) is 44.1 Å². The fraction of sp³-hybridized carbons (Fsp3) is 0.310. The molecule has 0 saturated carbocycles. The van der Waals surface area contributed by atoms with E-state index in [4.69, 9.17) is 14.2 Å². The third-order valence-corrected chi connectivity index (χ3v) is 7.01. The van der Waals surface area contributed by atoms with Crippen LogP contribution in [0.5, 0.6) is 17.2 Å². The Morgan fingerprint density at radius 3 is 2.44 bits per heavy atom. The first-order valence-corrected chi connectivity index (χ1v) is 12.2. The molecule has 3 aromatic carbocycles. The molecule has 2 aliphatic heterocycles. The molecule has 0 aromatic heterocycles. The minimum Gasteiger partial charge on any atom is -0.494 e. The maximum atomic E-state index is 13.8. The summed E-state index contributed by atoms with van der Waals surface area (Å²) in [6, 6.07) is 18.6. The minimum absolute atomic E-state index is 0.0494. The van der Waals surface area contributed by atoms with Crippen molar-refractivity contribution in [2.24, 2.45) is 0 Å². The topological polar surface area (TPSA) is 77.1 Å². The van der Waals surface area contributed by atoms with E-state index in [1.165, 1.54) is 0 Å². The molecular formula is C29H30N2O5. The van der Waals surface area contributed by atoms with Gasteiger partial charge in [-0.05, 0) is 65.9 Å². The molecule has 1 N–H and O–H groups in total. The number of fused-ring (bicyclic) bond motifs is 4. The van der Waals surface area contributed by atoms with Crippen molar-refractivity contribution in [3.8, 4) is 17.2 Å². The normalized spacial score (nSPS) is 18.0. The molecule has 0 aliphatic carbocycles. The summed E-state index contributed by atoms with van der Waals surface area (Å²) in [7, 11) is 3.20. The number of methoxy groups -OCH3 is 2. The van der Waals surface area contributed by atoms with Crippen LogP contribution in [0.3, 0.4) is 0 Å². The maximum absolute atomic E-state index is 13.8. The summed E-state index contributed by atoms with van der Waals surface area (Å²) in [5, 5.41) is 3.12. The van der Waals surface area contributed by atoms with Crippen LogP contribution in [0.2, 0.25) is 0 Å². The standard InChI is InChI=1S/C29H30N2O5/c1-4-36-20-11-9-18(10-12-20)17-30-28(32)26-21-7-5-6-8-22(21)29(33)31-14-13-19-15-24(34-2)25(35-3)16-23(19)27(26)31/h5-12,15-16,26-27H,4,13-14,17H2,1-3H3,(H,30,32)/t26-,27+/m0/s1. The second kappa shape index (κ2) is 9.93. The number of amides is 2. The van der Waals surface area contributed by atoms with E-state index < -0.39 is 12.0 Å². The number of carbonyl (C=O) groups is 2. The minimum atomic E-state index is -0.557. The zero-order valence-electron chi connectivity index (χ0n) is 20.7. The van der Waals surface area contributed by atoms with E-state index in [2.05, 4.69) is 5.32 Å². The Hall–Kier alpha value is -4.00. The second-order valence-electron chi connectivity index (χ2n) is 8.96. The molecule has 2 heterocycles. The molecule has 5 rings (SSSR count). The Balaban J connectivity index is 1.51. The summed E-state index contributed by atoms with van der Waals surface area (Å²) in [4.78, 5) is 29.2. The zero-order chi connectivity index (χ0) is 25.2. The van der Waals surface area contributed by atoms with Gasteiger partial charge in [0.2, 0.25) is 5.91 Å². The van der Waals surface area contributed by atoms with Crippen molar-refractivity contribution < 1.29 is 23.8 Å². The highest BCUT2D eigenvalue weighted by Gasteiger charge is 2.46. The number of rotatable bonds is 7. The highest BCUT2D eigenvalue weighted by Crippen LogP contribution is 2.48. The van der Waals surface area contributed by atoms with E-state index in [0.717, 1.165) is 28.0 Å². The van der Waals surface area contributed by atoms with Gasteiger partial charge in [-0.25, -0.2) is 0 Å². The van der Waals surface area contributed by atoms with Crippen LogP contribution in [-0.2, 0) is 17.8 Å². The lowest BCUT2D eigenvalue weighted by Gasteiger charge is -2.45. The van der Waals surface area contributed by atoms with Crippen LogP contribution < -0.4 is 19.5 Å². The van der Waals surface area contributed by atoms with Crippen molar-refractivity contribution in [1.29, 1.82) is 0 Å². The van der Waals surface area contributed by atoms with Gasteiger partial charge >= 0.3 is 0 Å². The summed E-state index contributed by atoms with van der Waals surface area (Å²) in [6.45, 7) is 3.46. The number of hydrogen-bond donors (Lipinski definition) is 1. The molecule has 0 fully saturated rings. The highest BCUT2D eigenvalue weighted by molar-refractivity contribution is 6.01. The Labute approximate surface area is 211 Å². The van der Waals surface area contributed by atoms with Crippen molar-refractivity contribution >= 4 is 11.8 Å². The molecule has 36 heavy (non-hydrogen) atoms. The smallest absolute Gasteiger partial charge is 0.254 e. The van der Waals surface area contributed by atoms with Gasteiger partial charge in [-0.15, -0.1) is 0 Å². The number of ether oxygens (including phenoxy) is 3. The lowest BCUT2D eigenvalue weighted by Crippen LogP contribution is -2.50. The predicted molar refractivity (Wildman–Crippen MR) is 136 cm³/mol. The SMILES string of the molecule is CCOc1ccc(CNC(=O)[C@H]2c3ccccc3C(=O)N3CCc4cc(OC)c(OC)cc4[C@H]23)cc1. The molecule has 3 aromatic rings. The Morgan fingerprint density at radius 2 is 1.72 bits per heavy atom. The van der Waals surface area contributed by atoms with Crippen molar-refractivity contribution in [2.45, 2.75) is 31.8 Å². The number of hydrogen-bond acceptors (Lipinski definition) is 5. The van der Waals surface area contributed by atoms with Crippen LogP contribution >= 0.6 is 0 Å². The third kappa shape index (κ3) is 4.15. The quantitative estimate of drug-likeness (QED) is 0.540. The van der Waals surface area contributed by atoms with Crippen LogP contribution in [0.4, 0.5) is 0 Å². The van der Waals surface area contributed by atoms with E-state index in [0.29, 0.717) is 43.2 Å². The zero-order valence-corrected chi connectivity index (χ0v) is 20.7. The largest absolute Gasteiger partial charge is 0.494 e. The van der Waals surface area contributed by atoms with Gasteiger partial charge in [-0.1, -0.05) is 30.3 Å². The molecule has 186 valence electrons. The second-order valence-corrected chi connectivity index (χ2v) is 8.96. The molecule has 2 atom stereocenters. The summed E-state index contributed by atoms with van der Waals surface area (Å²) in [5.41, 5.74) is 4.28. The van der Waals surface area contributed by atoms with Crippen LogP contribution in [0.25, 0.3) is 0 Å². The molecule has 2 amide bonds. The van der Waals surface area contributed by atoms with Gasteiger partial charge in [-0.2, -0.15) is 0 Å². The van der Waals surface area contributed by atoms with E-state index in [1.54, 1.807) is 14.2 Å². The first-order valence-electron chi connectivity index (χ1n) is 12.2. The van der Waals surface area contributed by atoms with Gasteiger partial charge in [0.15, 0.2) is 11.5 Å². The van der Waals surface area contributed by atoms with Crippen molar-refractivity contribution in [3.05, 3.63) is 88.5 Å². The summed E-state index contributed by atoms with van der Waals surface area (Å²) in [6.07, 6.45) is 0.681. The van der Waals surface area contributed by atoms with Crippen molar-refractivity contribution in [2.75, 3.05) is 27.4 Å². The van der Waals surface area contributed by atoms with Crippen LogP contribution in [0, 0.1) is 0 Å². The number of benzene rings is 3. The fourth-order valence-corrected chi connectivity index (χ4v) is 5.31. The number of nitrogens with zero attached hydrogens (tertiary/aromatic N) is 1. The first kappa shape index (κ1) is 23.7. The lowest BCUT2D eigenvalue weighted by atomic mass is 9.75. The maximum Gasteiger partial charge on any atom is 0.254 e. The van der Waals surface area contributed by atoms with Crippen LogP contribution in [0.1, 0.15) is 51.5 Å². The highest BCUT2D eigenvalue weighted by atomic mass is 16.5.